The van der Waals surface area contributed by atoms with E-state index in [4.69, 9.17) is 5.73 Å². The largest absolute Gasteiger partial charge is 0.399 e. The molecule has 0 aliphatic heterocycles. The Morgan fingerprint density at radius 3 is 2.54 bits per heavy atom. The lowest BCUT2D eigenvalue weighted by atomic mass is 10.2. The third-order valence-corrected chi connectivity index (χ3v) is 1.68. The number of nitrogen functional groups attached to an aromatic ring is 1. The fraction of sp³-hybridized carbons (Fsp3) is 0.250. The lowest BCUT2D eigenvalue weighted by Gasteiger charge is -2.12. The molecule has 1 aromatic rings. The van der Waals surface area contributed by atoms with Crippen molar-refractivity contribution in [2.75, 3.05) is 24.7 Å². The first-order valence-corrected chi connectivity index (χ1v) is 3.73. The van der Waals surface area contributed by atoms with Crippen molar-refractivity contribution in [2.45, 2.75) is 0 Å². The summed E-state index contributed by atoms with van der Waals surface area (Å²) in [5, 5.41) is 10.6. The molecule has 0 heterocycles. The van der Waals surface area contributed by atoms with Crippen molar-refractivity contribution in [3.05, 3.63) is 28.3 Å². The fourth-order valence-corrected chi connectivity index (χ4v) is 1.05. The summed E-state index contributed by atoms with van der Waals surface area (Å²) in [6.07, 6.45) is 0. The Morgan fingerprint density at radius 1 is 1.46 bits per heavy atom. The summed E-state index contributed by atoms with van der Waals surface area (Å²) in [7, 11) is 3.48. The highest BCUT2D eigenvalue weighted by molar-refractivity contribution is 5.67. The first kappa shape index (κ1) is 9.31. The van der Waals surface area contributed by atoms with E-state index in [0.29, 0.717) is 11.4 Å². The monoisotopic (exact) mass is 181 g/mol. The normalized spacial score (nSPS) is 9.69. The Kier molecular flexibility index (Phi) is 2.36. The van der Waals surface area contributed by atoms with E-state index in [0.717, 1.165) is 0 Å². The molecule has 13 heavy (non-hydrogen) atoms. The zero-order valence-corrected chi connectivity index (χ0v) is 7.52. The Balaban J connectivity index is 3.26. The third-order valence-electron chi connectivity index (χ3n) is 1.68. The smallest absolute Gasteiger partial charge is 0.292 e. The Hall–Kier alpha value is -1.78. The predicted molar refractivity (Wildman–Crippen MR) is 51.8 cm³/mol. The van der Waals surface area contributed by atoms with Crippen LogP contribution >= 0.6 is 0 Å². The van der Waals surface area contributed by atoms with Crippen molar-refractivity contribution in [1.82, 2.24) is 0 Å². The Bertz CT molecular complexity index is 336. The van der Waals surface area contributed by atoms with Gasteiger partial charge >= 0.3 is 0 Å². The average Bonchev–Trinajstić information content (AvgIpc) is 2.03. The highest BCUT2D eigenvalue weighted by Crippen LogP contribution is 2.28. The third kappa shape index (κ3) is 1.87. The molecule has 0 atom stereocenters. The SMILES string of the molecule is CN(C)c1cc(N)ccc1[N+](=O)[O-]. The van der Waals surface area contributed by atoms with E-state index >= 15 is 0 Å². The van der Waals surface area contributed by atoms with Crippen LogP contribution in [-0.4, -0.2) is 19.0 Å². The number of hydrogen-bond acceptors (Lipinski definition) is 4. The second-order valence-electron chi connectivity index (χ2n) is 2.90. The number of rotatable bonds is 2. The molecular formula is C8H11N3O2. The second kappa shape index (κ2) is 3.30. The maximum absolute atomic E-state index is 10.6. The topological polar surface area (TPSA) is 72.4 Å². The number of nitrogens with zero attached hydrogens (tertiary/aromatic N) is 2. The lowest BCUT2D eigenvalue weighted by molar-refractivity contribution is -0.384. The molecule has 0 saturated heterocycles. The lowest BCUT2D eigenvalue weighted by Crippen LogP contribution is -2.11. The van der Waals surface area contributed by atoms with E-state index in [1.807, 2.05) is 0 Å². The van der Waals surface area contributed by atoms with Gasteiger partial charge in [-0.2, -0.15) is 0 Å². The van der Waals surface area contributed by atoms with Gasteiger partial charge in [0.25, 0.3) is 5.69 Å². The minimum Gasteiger partial charge on any atom is -0.399 e. The average molecular weight is 181 g/mol. The summed E-state index contributed by atoms with van der Waals surface area (Å²) >= 11 is 0. The van der Waals surface area contributed by atoms with Gasteiger partial charge in [0.1, 0.15) is 5.69 Å². The van der Waals surface area contributed by atoms with E-state index < -0.39 is 4.92 Å². The van der Waals surface area contributed by atoms with Crippen LogP contribution in [0.1, 0.15) is 0 Å². The standard InChI is InChI=1S/C8H11N3O2/c1-10(2)8-5-6(9)3-4-7(8)11(12)13/h3-5H,9H2,1-2H3. The number of nitro benzene ring substituents is 1. The predicted octanol–water partition coefficient (Wildman–Crippen LogP) is 1.24. The van der Waals surface area contributed by atoms with Crippen LogP contribution in [0.4, 0.5) is 17.1 Å². The second-order valence-corrected chi connectivity index (χ2v) is 2.90. The van der Waals surface area contributed by atoms with Gasteiger partial charge < -0.3 is 10.6 Å². The summed E-state index contributed by atoms with van der Waals surface area (Å²) in [6.45, 7) is 0. The number of hydrogen-bond donors (Lipinski definition) is 1. The molecule has 0 saturated carbocycles. The molecule has 1 rings (SSSR count). The van der Waals surface area contributed by atoms with Crippen LogP contribution in [0, 0.1) is 10.1 Å². The van der Waals surface area contributed by atoms with E-state index in [-0.39, 0.29) is 5.69 Å². The molecule has 0 amide bonds. The molecule has 5 heteroatoms. The van der Waals surface area contributed by atoms with Crippen LogP contribution in [0.25, 0.3) is 0 Å². The van der Waals surface area contributed by atoms with Gasteiger partial charge in [0.05, 0.1) is 4.92 Å². The van der Waals surface area contributed by atoms with Crippen molar-refractivity contribution >= 4 is 17.1 Å². The van der Waals surface area contributed by atoms with Gasteiger partial charge in [-0.3, -0.25) is 10.1 Å². The fourth-order valence-electron chi connectivity index (χ4n) is 1.05. The van der Waals surface area contributed by atoms with Gasteiger partial charge in [-0.1, -0.05) is 0 Å². The van der Waals surface area contributed by atoms with Gasteiger partial charge in [0.15, 0.2) is 0 Å². The summed E-state index contributed by atoms with van der Waals surface area (Å²) in [5.41, 5.74) is 6.63. The van der Waals surface area contributed by atoms with Gasteiger partial charge in [-0.15, -0.1) is 0 Å². The quantitative estimate of drug-likeness (QED) is 0.423. The van der Waals surface area contributed by atoms with Crippen molar-refractivity contribution < 1.29 is 4.92 Å². The highest BCUT2D eigenvalue weighted by atomic mass is 16.6. The van der Waals surface area contributed by atoms with Gasteiger partial charge in [-0.05, 0) is 12.1 Å². The number of nitrogens with two attached hydrogens (primary N) is 1. The van der Waals surface area contributed by atoms with E-state index in [1.165, 1.54) is 12.1 Å². The van der Waals surface area contributed by atoms with Gasteiger partial charge in [-0.25, -0.2) is 0 Å². The summed E-state index contributed by atoms with van der Waals surface area (Å²) in [5.74, 6) is 0. The molecule has 0 fully saturated rings. The molecule has 0 radical (unpaired) electrons. The molecule has 2 N–H and O–H groups in total. The molecule has 1 aromatic carbocycles. The molecule has 5 nitrogen and oxygen atoms in total. The first-order chi connectivity index (χ1) is 6.02. The van der Waals surface area contributed by atoms with E-state index in [1.54, 1.807) is 25.1 Å². The minimum atomic E-state index is -0.422. The zero-order valence-electron chi connectivity index (χ0n) is 7.52. The molecule has 70 valence electrons. The molecule has 0 aliphatic rings. The minimum absolute atomic E-state index is 0.0687. The van der Waals surface area contributed by atoms with Crippen LogP contribution in [-0.2, 0) is 0 Å². The maximum atomic E-state index is 10.6. The first-order valence-electron chi connectivity index (χ1n) is 3.73. The highest BCUT2D eigenvalue weighted by Gasteiger charge is 2.14. The molecule has 0 unspecified atom stereocenters. The van der Waals surface area contributed by atoms with Gasteiger partial charge in [0, 0.05) is 25.8 Å². The van der Waals surface area contributed by atoms with Crippen LogP contribution in [0.15, 0.2) is 18.2 Å². The molecular weight excluding hydrogens is 170 g/mol. The van der Waals surface area contributed by atoms with Crippen molar-refractivity contribution in [1.29, 1.82) is 0 Å². The van der Waals surface area contributed by atoms with Crippen molar-refractivity contribution in [2.24, 2.45) is 0 Å². The van der Waals surface area contributed by atoms with Crippen LogP contribution in [0.2, 0.25) is 0 Å². The zero-order chi connectivity index (χ0) is 10.0. The number of benzene rings is 1. The Morgan fingerprint density at radius 2 is 2.08 bits per heavy atom. The van der Waals surface area contributed by atoms with Crippen molar-refractivity contribution in [3.8, 4) is 0 Å². The van der Waals surface area contributed by atoms with Crippen LogP contribution < -0.4 is 10.6 Å². The maximum Gasteiger partial charge on any atom is 0.292 e. The molecule has 0 aliphatic carbocycles. The number of anilines is 2. The molecule has 0 spiro atoms. The van der Waals surface area contributed by atoms with E-state index in [2.05, 4.69) is 0 Å². The van der Waals surface area contributed by atoms with Gasteiger partial charge in [0.2, 0.25) is 0 Å². The summed E-state index contributed by atoms with van der Waals surface area (Å²) < 4.78 is 0. The summed E-state index contributed by atoms with van der Waals surface area (Å²) in [4.78, 5) is 11.8. The van der Waals surface area contributed by atoms with E-state index in [9.17, 15) is 10.1 Å². The van der Waals surface area contributed by atoms with Crippen LogP contribution in [0.3, 0.4) is 0 Å². The Labute approximate surface area is 75.9 Å². The number of nitro groups is 1. The summed E-state index contributed by atoms with van der Waals surface area (Å²) in [6, 6.07) is 4.51. The molecule has 0 bridgehead atoms. The van der Waals surface area contributed by atoms with Crippen LogP contribution in [0.5, 0.6) is 0 Å². The molecule has 0 aromatic heterocycles. The van der Waals surface area contributed by atoms with Crippen molar-refractivity contribution in [3.63, 3.8) is 0 Å².